The number of hydrogen-bond donors (Lipinski definition) is 0. The van der Waals surface area contributed by atoms with E-state index in [2.05, 4.69) is 40.5 Å². The van der Waals surface area contributed by atoms with Crippen LogP contribution in [-0.2, 0) is 9.53 Å². The van der Waals surface area contributed by atoms with Crippen molar-refractivity contribution in [2.75, 3.05) is 13.1 Å². The van der Waals surface area contributed by atoms with Crippen molar-refractivity contribution in [2.45, 2.75) is 37.8 Å². The highest BCUT2D eigenvalue weighted by molar-refractivity contribution is 14.1. The number of carbonyl (C=O) groups is 1. The van der Waals surface area contributed by atoms with Gasteiger partial charge in [0, 0.05) is 21.8 Å². The zero-order valence-electron chi connectivity index (χ0n) is 9.91. The molecular weight excluding hydrogens is 329 g/mol. The molecule has 17 heavy (non-hydrogen) atoms. The molecule has 0 radical (unpaired) electrons. The minimum absolute atomic E-state index is 0.183. The van der Waals surface area contributed by atoms with E-state index in [1.54, 1.807) is 6.08 Å². The number of nitrogens with zero attached hydrogens (tertiary/aromatic N) is 1. The lowest BCUT2D eigenvalue weighted by atomic mass is 9.83. The molecule has 0 amide bonds. The summed E-state index contributed by atoms with van der Waals surface area (Å²) in [6.45, 7) is 4.17. The van der Waals surface area contributed by atoms with Crippen molar-refractivity contribution in [3.8, 4) is 0 Å². The summed E-state index contributed by atoms with van der Waals surface area (Å²) < 4.78 is 6.83. The molecule has 1 fully saturated rings. The van der Waals surface area contributed by atoms with E-state index in [0.717, 1.165) is 25.1 Å². The molecule has 3 heterocycles. The van der Waals surface area contributed by atoms with Gasteiger partial charge in [-0.05, 0) is 48.9 Å². The Balaban J connectivity index is 2.05. The fourth-order valence-electron chi connectivity index (χ4n) is 3.25. The smallest absolute Gasteiger partial charge is 0.332 e. The van der Waals surface area contributed by atoms with Crippen LogP contribution in [0.1, 0.15) is 26.2 Å². The van der Waals surface area contributed by atoms with Crippen molar-refractivity contribution < 1.29 is 9.53 Å². The van der Waals surface area contributed by atoms with Crippen LogP contribution in [0.5, 0.6) is 0 Å². The van der Waals surface area contributed by atoms with Crippen LogP contribution in [0.2, 0.25) is 0 Å². The number of carbonyl (C=O) groups excluding carboxylic acids is 1. The Labute approximate surface area is 115 Å². The molecule has 0 aromatic carbocycles. The van der Waals surface area contributed by atoms with Crippen molar-refractivity contribution in [3.05, 3.63) is 21.3 Å². The molecule has 0 unspecified atom stereocenters. The lowest BCUT2D eigenvalue weighted by molar-refractivity contribution is -0.150. The number of piperidine rings is 1. The number of rotatable bonds is 0. The van der Waals surface area contributed by atoms with Crippen LogP contribution in [0.3, 0.4) is 0 Å². The standard InChI is InChI=1S/C13H16INO2/c1-13-9(8-12(16)17-13)10(14)5-7-15-6-3-2-4-11(13)15/h5,8,11H,2-4,6-7H2,1H3/t11-,13+/m1/s1. The fraction of sp³-hybridized carbons (Fsp3) is 0.615. The third-order valence-corrected chi connectivity index (χ3v) is 5.14. The predicted octanol–water partition coefficient (Wildman–Crippen LogP) is 2.42. The van der Waals surface area contributed by atoms with Crippen LogP contribution < -0.4 is 0 Å². The molecule has 0 saturated carbocycles. The summed E-state index contributed by atoms with van der Waals surface area (Å²) in [5, 5.41) is 0. The van der Waals surface area contributed by atoms with Crippen molar-refractivity contribution in [1.29, 1.82) is 0 Å². The van der Waals surface area contributed by atoms with Gasteiger partial charge in [0.05, 0.1) is 6.04 Å². The number of ether oxygens (including phenoxy) is 1. The van der Waals surface area contributed by atoms with Gasteiger partial charge in [0.2, 0.25) is 0 Å². The maximum absolute atomic E-state index is 11.6. The van der Waals surface area contributed by atoms with Crippen molar-refractivity contribution in [2.24, 2.45) is 0 Å². The van der Waals surface area contributed by atoms with Gasteiger partial charge in [0.25, 0.3) is 0 Å². The topological polar surface area (TPSA) is 29.5 Å². The van der Waals surface area contributed by atoms with Crippen LogP contribution in [0.15, 0.2) is 21.3 Å². The summed E-state index contributed by atoms with van der Waals surface area (Å²) in [7, 11) is 0. The molecule has 0 spiro atoms. The summed E-state index contributed by atoms with van der Waals surface area (Å²) in [5.41, 5.74) is 0.651. The SMILES string of the molecule is C[C@]12OC(=O)C=C1C(I)=CCN1CCCC[C@@H]12. The zero-order valence-corrected chi connectivity index (χ0v) is 12.1. The molecule has 2 atom stereocenters. The Bertz CT molecular complexity index is 429. The minimum Gasteiger partial charge on any atom is -0.450 e. The van der Waals surface area contributed by atoms with E-state index in [1.165, 1.54) is 16.4 Å². The second-order valence-corrected chi connectivity index (χ2v) is 6.31. The molecule has 0 aliphatic carbocycles. The van der Waals surface area contributed by atoms with E-state index >= 15 is 0 Å². The summed E-state index contributed by atoms with van der Waals surface area (Å²) in [5.74, 6) is -0.183. The molecule has 3 aliphatic heterocycles. The monoisotopic (exact) mass is 345 g/mol. The van der Waals surface area contributed by atoms with Gasteiger partial charge in [-0.2, -0.15) is 0 Å². The summed E-state index contributed by atoms with van der Waals surface area (Å²) in [6, 6.07) is 0.345. The normalized spacial score (nSPS) is 37.5. The number of esters is 1. The summed E-state index contributed by atoms with van der Waals surface area (Å²) in [6.07, 6.45) is 7.51. The van der Waals surface area contributed by atoms with Crippen LogP contribution in [0, 0.1) is 0 Å². The third kappa shape index (κ3) is 1.76. The van der Waals surface area contributed by atoms with Crippen LogP contribution in [0.4, 0.5) is 0 Å². The van der Waals surface area contributed by atoms with Gasteiger partial charge in [0.15, 0.2) is 5.60 Å². The van der Waals surface area contributed by atoms with Crippen LogP contribution in [-0.4, -0.2) is 35.6 Å². The third-order valence-electron chi connectivity index (χ3n) is 4.12. The van der Waals surface area contributed by atoms with E-state index in [1.807, 2.05) is 0 Å². The number of halogens is 1. The first-order valence-corrected chi connectivity index (χ1v) is 7.24. The predicted molar refractivity (Wildman–Crippen MR) is 73.9 cm³/mol. The number of fused-ring (bicyclic) bond motifs is 3. The van der Waals surface area contributed by atoms with Gasteiger partial charge in [0.1, 0.15) is 0 Å². The van der Waals surface area contributed by atoms with E-state index in [9.17, 15) is 4.79 Å². The molecule has 3 rings (SSSR count). The molecule has 4 heteroatoms. The zero-order chi connectivity index (χ0) is 12.0. The fourth-order valence-corrected chi connectivity index (χ4v) is 4.14. The van der Waals surface area contributed by atoms with Crippen LogP contribution in [0.25, 0.3) is 0 Å². The Hall–Kier alpha value is -0.360. The van der Waals surface area contributed by atoms with Gasteiger partial charge < -0.3 is 4.74 Å². The maximum Gasteiger partial charge on any atom is 0.332 e. The summed E-state index contributed by atoms with van der Waals surface area (Å²) >= 11 is 2.33. The van der Waals surface area contributed by atoms with Crippen molar-refractivity contribution in [1.82, 2.24) is 4.90 Å². The highest BCUT2D eigenvalue weighted by Crippen LogP contribution is 2.44. The van der Waals surface area contributed by atoms with Gasteiger partial charge in [-0.3, -0.25) is 4.90 Å². The Morgan fingerprint density at radius 1 is 1.53 bits per heavy atom. The largest absolute Gasteiger partial charge is 0.450 e. The Kier molecular flexibility index (Phi) is 2.82. The molecule has 3 nitrogen and oxygen atoms in total. The molecule has 0 aromatic heterocycles. The Morgan fingerprint density at radius 2 is 2.35 bits per heavy atom. The molecule has 0 aromatic rings. The van der Waals surface area contributed by atoms with Crippen molar-refractivity contribution in [3.63, 3.8) is 0 Å². The Morgan fingerprint density at radius 3 is 3.18 bits per heavy atom. The van der Waals surface area contributed by atoms with Crippen molar-refractivity contribution >= 4 is 28.6 Å². The average molecular weight is 345 g/mol. The van der Waals surface area contributed by atoms with E-state index in [-0.39, 0.29) is 5.97 Å². The molecule has 92 valence electrons. The van der Waals surface area contributed by atoms with Gasteiger partial charge >= 0.3 is 5.97 Å². The van der Waals surface area contributed by atoms with Gasteiger partial charge in [-0.1, -0.05) is 12.5 Å². The maximum atomic E-state index is 11.6. The van der Waals surface area contributed by atoms with Gasteiger partial charge in [-0.15, -0.1) is 0 Å². The first-order chi connectivity index (χ1) is 8.11. The minimum atomic E-state index is -0.430. The number of hydrogen-bond acceptors (Lipinski definition) is 3. The second kappa shape index (κ2) is 4.09. The second-order valence-electron chi connectivity index (χ2n) is 5.14. The molecule has 0 bridgehead atoms. The lowest BCUT2D eigenvalue weighted by Crippen LogP contribution is -2.53. The molecule has 0 N–H and O–H groups in total. The first kappa shape index (κ1) is 11.7. The quantitative estimate of drug-likeness (QED) is 0.499. The van der Waals surface area contributed by atoms with Gasteiger partial charge in [-0.25, -0.2) is 4.79 Å². The van der Waals surface area contributed by atoms with Crippen LogP contribution >= 0.6 is 22.6 Å². The average Bonchev–Trinajstić information content (AvgIpc) is 2.58. The lowest BCUT2D eigenvalue weighted by Gasteiger charge is -2.43. The molecule has 1 saturated heterocycles. The highest BCUT2D eigenvalue weighted by Gasteiger charge is 2.50. The summed E-state index contributed by atoms with van der Waals surface area (Å²) in [4.78, 5) is 14.1. The molecule has 3 aliphatic rings. The molecular formula is C13H16INO2. The highest BCUT2D eigenvalue weighted by atomic mass is 127. The van der Waals surface area contributed by atoms with E-state index in [0.29, 0.717) is 6.04 Å². The van der Waals surface area contributed by atoms with E-state index < -0.39 is 5.60 Å². The first-order valence-electron chi connectivity index (χ1n) is 6.16. The van der Waals surface area contributed by atoms with E-state index in [4.69, 9.17) is 4.74 Å².